The Bertz CT molecular complexity index is 439. The smallest absolute Gasteiger partial charge is 0.251 e. The minimum atomic E-state index is -0.387. The van der Waals surface area contributed by atoms with Crippen LogP contribution in [0.4, 0.5) is 0 Å². The molecule has 0 radical (unpaired) electrons. The van der Waals surface area contributed by atoms with Gasteiger partial charge in [-0.1, -0.05) is 25.4 Å². The Hall–Kier alpha value is -1.06. The number of halogens is 1. The van der Waals surface area contributed by atoms with E-state index in [1.165, 1.54) is 0 Å². The van der Waals surface area contributed by atoms with Crippen LogP contribution in [0.25, 0.3) is 0 Å². The number of benzene rings is 1. The van der Waals surface area contributed by atoms with Crippen LogP contribution in [-0.4, -0.2) is 18.0 Å². The van der Waals surface area contributed by atoms with E-state index in [1.807, 2.05) is 26.0 Å². The van der Waals surface area contributed by atoms with Crippen molar-refractivity contribution in [3.05, 3.63) is 34.3 Å². The number of amides is 1. The van der Waals surface area contributed by atoms with Gasteiger partial charge >= 0.3 is 0 Å². The summed E-state index contributed by atoms with van der Waals surface area (Å²) in [5.41, 5.74) is 6.96. The Kier molecular flexibility index (Phi) is 5.39. The third kappa shape index (κ3) is 4.84. The van der Waals surface area contributed by atoms with E-state index in [1.54, 1.807) is 6.07 Å². The second-order valence-corrected chi connectivity index (χ2v) is 6.27. The fourth-order valence-corrected chi connectivity index (χ4v) is 2.59. The Labute approximate surface area is 120 Å². The van der Waals surface area contributed by atoms with Crippen molar-refractivity contribution in [2.45, 2.75) is 39.7 Å². The lowest BCUT2D eigenvalue weighted by molar-refractivity contribution is 0.0898. The zero-order valence-corrected chi connectivity index (χ0v) is 12.8. The molecule has 0 fully saturated rings. The van der Waals surface area contributed by atoms with Gasteiger partial charge in [0.2, 0.25) is 0 Å². The van der Waals surface area contributed by atoms with Crippen LogP contribution >= 0.6 is 11.6 Å². The van der Waals surface area contributed by atoms with E-state index in [4.69, 9.17) is 17.3 Å². The number of carbonyl (C=O) groups excluding carboxylic acids is 1. The first-order valence-corrected chi connectivity index (χ1v) is 6.93. The molecule has 106 valence electrons. The van der Waals surface area contributed by atoms with E-state index in [2.05, 4.69) is 19.2 Å². The summed E-state index contributed by atoms with van der Waals surface area (Å²) in [6.07, 6.45) is 0.842. The molecular weight excluding hydrogens is 260 g/mol. The predicted octanol–water partition coefficient (Wildman–Crippen LogP) is 3.14. The molecule has 4 heteroatoms. The van der Waals surface area contributed by atoms with Crippen molar-refractivity contribution >= 4 is 17.5 Å². The van der Waals surface area contributed by atoms with E-state index >= 15 is 0 Å². The molecule has 0 saturated carbocycles. The molecule has 0 spiro atoms. The summed E-state index contributed by atoms with van der Waals surface area (Å²) in [7, 11) is 0. The van der Waals surface area contributed by atoms with Crippen LogP contribution in [-0.2, 0) is 0 Å². The van der Waals surface area contributed by atoms with Gasteiger partial charge in [0.25, 0.3) is 5.91 Å². The van der Waals surface area contributed by atoms with Crippen molar-refractivity contribution in [2.75, 3.05) is 6.54 Å². The SMILES string of the molecule is Cc1cc(Cl)cc(C(=O)NC(C)(CN)CC(C)C)c1. The summed E-state index contributed by atoms with van der Waals surface area (Å²) in [6, 6.07) is 5.33. The van der Waals surface area contributed by atoms with E-state index < -0.39 is 0 Å². The number of nitrogens with one attached hydrogen (secondary N) is 1. The normalized spacial score (nSPS) is 14.3. The fourth-order valence-electron chi connectivity index (χ4n) is 2.30. The topological polar surface area (TPSA) is 55.1 Å². The van der Waals surface area contributed by atoms with Crippen molar-refractivity contribution in [3.63, 3.8) is 0 Å². The third-order valence-electron chi connectivity index (χ3n) is 3.03. The van der Waals surface area contributed by atoms with Gasteiger partial charge in [-0.15, -0.1) is 0 Å². The number of aryl methyl sites for hydroxylation is 1. The highest BCUT2D eigenvalue weighted by Crippen LogP contribution is 2.18. The van der Waals surface area contributed by atoms with Crippen LogP contribution in [0.1, 0.15) is 43.1 Å². The quantitative estimate of drug-likeness (QED) is 0.872. The van der Waals surface area contributed by atoms with Crippen LogP contribution in [0.3, 0.4) is 0 Å². The molecule has 1 rings (SSSR count). The summed E-state index contributed by atoms with van der Waals surface area (Å²) >= 11 is 5.98. The Morgan fingerprint density at radius 2 is 2.05 bits per heavy atom. The van der Waals surface area contributed by atoms with Crippen LogP contribution in [0, 0.1) is 12.8 Å². The maximum absolute atomic E-state index is 12.3. The Balaban J connectivity index is 2.88. The van der Waals surface area contributed by atoms with E-state index in [0.29, 0.717) is 23.0 Å². The second-order valence-electron chi connectivity index (χ2n) is 5.83. The first kappa shape index (κ1) is 16.0. The molecule has 1 atom stereocenters. The molecule has 0 aliphatic rings. The maximum Gasteiger partial charge on any atom is 0.251 e. The molecule has 1 aromatic carbocycles. The van der Waals surface area contributed by atoms with Crippen molar-refractivity contribution in [3.8, 4) is 0 Å². The summed E-state index contributed by atoms with van der Waals surface area (Å²) < 4.78 is 0. The molecule has 1 unspecified atom stereocenters. The molecule has 0 bridgehead atoms. The minimum Gasteiger partial charge on any atom is -0.346 e. The third-order valence-corrected chi connectivity index (χ3v) is 3.25. The van der Waals surface area contributed by atoms with E-state index in [-0.39, 0.29) is 11.4 Å². The van der Waals surface area contributed by atoms with Gasteiger partial charge < -0.3 is 11.1 Å². The number of nitrogens with two attached hydrogens (primary N) is 1. The molecule has 0 heterocycles. The average molecular weight is 283 g/mol. The molecule has 3 N–H and O–H groups in total. The van der Waals surface area contributed by atoms with Gasteiger partial charge in [0, 0.05) is 22.7 Å². The molecule has 0 aliphatic carbocycles. The Morgan fingerprint density at radius 3 is 2.53 bits per heavy atom. The maximum atomic E-state index is 12.3. The van der Waals surface area contributed by atoms with Crippen molar-refractivity contribution in [1.29, 1.82) is 0 Å². The van der Waals surface area contributed by atoms with Crippen LogP contribution < -0.4 is 11.1 Å². The van der Waals surface area contributed by atoms with Gasteiger partial charge in [-0.3, -0.25) is 4.79 Å². The van der Waals surface area contributed by atoms with Gasteiger partial charge in [-0.25, -0.2) is 0 Å². The van der Waals surface area contributed by atoms with Gasteiger partial charge in [0.15, 0.2) is 0 Å². The monoisotopic (exact) mass is 282 g/mol. The molecule has 1 aromatic rings. The molecular formula is C15H23ClN2O. The number of rotatable bonds is 5. The lowest BCUT2D eigenvalue weighted by Crippen LogP contribution is -2.52. The van der Waals surface area contributed by atoms with Crippen molar-refractivity contribution in [1.82, 2.24) is 5.32 Å². The van der Waals surface area contributed by atoms with E-state index in [9.17, 15) is 4.79 Å². The number of hydrogen-bond donors (Lipinski definition) is 2. The van der Waals surface area contributed by atoms with E-state index in [0.717, 1.165) is 12.0 Å². The lowest BCUT2D eigenvalue weighted by Gasteiger charge is -2.31. The second kappa shape index (κ2) is 6.40. The van der Waals surface area contributed by atoms with Gasteiger partial charge in [-0.2, -0.15) is 0 Å². The summed E-state index contributed by atoms with van der Waals surface area (Å²) in [4.78, 5) is 12.3. The molecule has 19 heavy (non-hydrogen) atoms. The van der Waals surface area contributed by atoms with Gasteiger partial charge in [-0.05, 0) is 49.9 Å². The summed E-state index contributed by atoms with van der Waals surface area (Å²) in [5, 5.41) is 3.60. The van der Waals surface area contributed by atoms with Gasteiger partial charge in [0.05, 0.1) is 0 Å². The molecule has 0 aromatic heterocycles. The van der Waals surface area contributed by atoms with Crippen LogP contribution in [0.2, 0.25) is 5.02 Å². The van der Waals surface area contributed by atoms with Gasteiger partial charge in [0.1, 0.15) is 0 Å². The molecule has 3 nitrogen and oxygen atoms in total. The number of hydrogen-bond acceptors (Lipinski definition) is 2. The average Bonchev–Trinajstić information content (AvgIpc) is 2.26. The number of carbonyl (C=O) groups is 1. The highest BCUT2D eigenvalue weighted by atomic mass is 35.5. The zero-order valence-electron chi connectivity index (χ0n) is 12.1. The largest absolute Gasteiger partial charge is 0.346 e. The summed E-state index contributed by atoms with van der Waals surface area (Å²) in [6.45, 7) is 8.53. The highest BCUT2D eigenvalue weighted by molar-refractivity contribution is 6.31. The lowest BCUT2D eigenvalue weighted by atomic mass is 9.90. The van der Waals surface area contributed by atoms with Crippen molar-refractivity contribution in [2.24, 2.45) is 11.7 Å². The zero-order chi connectivity index (χ0) is 14.6. The minimum absolute atomic E-state index is 0.126. The standard InChI is InChI=1S/C15H23ClN2O/c1-10(2)8-15(4,9-17)18-14(19)12-5-11(3)6-13(16)7-12/h5-7,10H,8-9,17H2,1-4H3,(H,18,19). The predicted molar refractivity (Wildman–Crippen MR) is 80.6 cm³/mol. The van der Waals surface area contributed by atoms with Crippen LogP contribution in [0.15, 0.2) is 18.2 Å². The molecule has 0 aliphatic heterocycles. The van der Waals surface area contributed by atoms with Crippen molar-refractivity contribution < 1.29 is 4.79 Å². The fraction of sp³-hybridized carbons (Fsp3) is 0.533. The first-order valence-electron chi connectivity index (χ1n) is 6.55. The first-order chi connectivity index (χ1) is 8.75. The van der Waals surface area contributed by atoms with Crippen LogP contribution in [0.5, 0.6) is 0 Å². The molecule has 1 amide bonds. The Morgan fingerprint density at radius 1 is 1.42 bits per heavy atom. The molecule has 0 saturated heterocycles. The highest BCUT2D eigenvalue weighted by Gasteiger charge is 2.26. The summed E-state index contributed by atoms with van der Waals surface area (Å²) in [5.74, 6) is 0.342.